The number of rotatable bonds is 6. The number of benzene rings is 3. The van der Waals surface area contributed by atoms with Crippen LogP contribution in [0.3, 0.4) is 0 Å². The molecule has 8 heteroatoms. The molecule has 3 aromatic rings. The first-order valence-corrected chi connectivity index (χ1v) is 10.9. The lowest BCUT2D eigenvalue weighted by Crippen LogP contribution is -2.16. The first-order chi connectivity index (χ1) is 14.2. The van der Waals surface area contributed by atoms with Crippen molar-refractivity contribution in [2.75, 3.05) is 17.1 Å². The molecule has 0 atom stereocenters. The lowest BCUT2D eigenvalue weighted by atomic mass is 10.1. The van der Waals surface area contributed by atoms with Crippen molar-refractivity contribution in [3.05, 3.63) is 82.4 Å². The van der Waals surface area contributed by atoms with Gasteiger partial charge in [-0.3, -0.25) is 9.52 Å². The normalized spacial score (nSPS) is 11.1. The van der Waals surface area contributed by atoms with Crippen molar-refractivity contribution in [1.82, 2.24) is 0 Å². The van der Waals surface area contributed by atoms with E-state index in [4.69, 9.17) is 16.3 Å². The molecule has 0 aliphatic rings. The van der Waals surface area contributed by atoms with E-state index in [1.807, 2.05) is 19.9 Å². The van der Waals surface area contributed by atoms with Crippen LogP contribution in [0.2, 0.25) is 5.02 Å². The van der Waals surface area contributed by atoms with Crippen LogP contribution < -0.4 is 14.8 Å². The van der Waals surface area contributed by atoms with Crippen molar-refractivity contribution in [1.29, 1.82) is 0 Å². The van der Waals surface area contributed by atoms with Gasteiger partial charge in [-0.05, 0) is 73.5 Å². The van der Waals surface area contributed by atoms with E-state index >= 15 is 0 Å². The predicted molar refractivity (Wildman–Crippen MR) is 119 cm³/mol. The van der Waals surface area contributed by atoms with Gasteiger partial charge in [-0.2, -0.15) is 0 Å². The average molecular weight is 445 g/mol. The topological polar surface area (TPSA) is 84.5 Å². The molecule has 0 saturated heterocycles. The highest BCUT2D eigenvalue weighted by Crippen LogP contribution is 2.29. The number of hydrogen-bond donors (Lipinski definition) is 2. The molecule has 0 aromatic heterocycles. The van der Waals surface area contributed by atoms with Crippen molar-refractivity contribution >= 4 is 38.9 Å². The van der Waals surface area contributed by atoms with Crippen LogP contribution in [0, 0.1) is 13.8 Å². The van der Waals surface area contributed by atoms with Gasteiger partial charge in [0.2, 0.25) is 0 Å². The summed E-state index contributed by atoms with van der Waals surface area (Å²) in [5.41, 5.74) is 2.92. The minimum Gasteiger partial charge on any atom is -0.495 e. The van der Waals surface area contributed by atoms with Gasteiger partial charge in [0.1, 0.15) is 5.75 Å². The number of ether oxygens (including phenoxy) is 1. The SMILES string of the molecule is COc1ccc(S(=O)(=O)Nc2cc(C)cc(C)c2)cc1NC(=O)c1cccc(Cl)c1. The number of sulfonamides is 1. The monoisotopic (exact) mass is 444 g/mol. The second kappa shape index (κ2) is 8.77. The van der Waals surface area contributed by atoms with Gasteiger partial charge < -0.3 is 10.1 Å². The van der Waals surface area contributed by atoms with Crippen molar-refractivity contribution in [2.24, 2.45) is 0 Å². The van der Waals surface area contributed by atoms with E-state index in [0.717, 1.165) is 11.1 Å². The fourth-order valence-electron chi connectivity index (χ4n) is 3.02. The summed E-state index contributed by atoms with van der Waals surface area (Å²) in [6.45, 7) is 3.78. The molecular weight excluding hydrogens is 424 g/mol. The first-order valence-electron chi connectivity index (χ1n) is 9.04. The van der Waals surface area contributed by atoms with Gasteiger partial charge in [0.25, 0.3) is 15.9 Å². The number of carbonyl (C=O) groups is 1. The van der Waals surface area contributed by atoms with E-state index in [1.165, 1.54) is 31.4 Å². The van der Waals surface area contributed by atoms with Crippen LogP contribution in [0.4, 0.5) is 11.4 Å². The van der Waals surface area contributed by atoms with E-state index in [9.17, 15) is 13.2 Å². The number of halogens is 1. The quantitative estimate of drug-likeness (QED) is 0.559. The molecule has 0 aliphatic heterocycles. The molecule has 0 heterocycles. The Kier molecular flexibility index (Phi) is 6.34. The molecule has 0 fully saturated rings. The smallest absolute Gasteiger partial charge is 0.261 e. The van der Waals surface area contributed by atoms with E-state index in [0.29, 0.717) is 22.0 Å². The van der Waals surface area contributed by atoms with Crippen LogP contribution >= 0.6 is 11.6 Å². The lowest BCUT2D eigenvalue weighted by molar-refractivity contribution is 0.102. The Hall–Kier alpha value is -3.03. The van der Waals surface area contributed by atoms with Crippen LogP contribution in [-0.2, 0) is 10.0 Å². The Labute approximate surface area is 180 Å². The largest absolute Gasteiger partial charge is 0.495 e. The maximum absolute atomic E-state index is 12.9. The van der Waals surface area contributed by atoms with Crippen molar-refractivity contribution in [3.8, 4) is 5.75 Å². The summed E-state index contributed by atoms with van der Waals surface area (Å²) in [6.07, 6.45) is 0. The number of anilines is 2. The molecule has 0 radical (unpaired) electrons. The highest BCUT2D eigenvalue weighted by molar-refractivity contribution is 7.92. The summed E-state index contributed by atoms with van der Waals surface area (Å²) >= 11 is 5.94. The third kappa shape index (κ3) is 5.11. The third-order valence-electron chi connectivity index (χ3n) is 4.29. The molecule has 156 valence electrons. The van der Waals surface area contributed by atoms with Crippen molar-refractivity contribution in [3.63, 3.8) is 0 Å². The number of methoxy groups -OCH3 is 1. The predicted octanol–water partition coefficient (Wildman–Crippen LogP) is 5.02. The number of aryl methyl sites for hydroxylation is 2. The van der Waals surface area contributed by atoms with Crippen LogP contribution in [-0.4, -0.2) is 21.4 Å². The molecular formula is C22H21ClN2O4S. The maximum Gasteiger partial charge on any atom is 0.261 e. The Balaban J connectivity index is 1.92. The summed E-state index contributed by atoms with van der Waals surface area (Å²) in [5, 5.41) is 3.10. The number of amides is 1. The molecule has 0 bridgehead atoms. The molecule has 30 heavy (non-hydrogen) atoms. The molecule has 3 aromatic carbocycles. The summed E-state index contributed by atoms with van der Waals surface area (Å²) in [5.74, 6) is -0.108. The summed E-state index contributed by atoms with van der Waals surface area (Å²) in [6, 6.07) is 16.1. The van der Waals surface area contributed by atoms with E-state index in [-0.39, 0.29) is 10.6 Å². The van der Waals surface area contributed by atoms with Crippen molar-refractivity contribution in [2.45, 2.75) is 18.7 Å². The minimum atomic E-state index is -3.88. The maximum atomic E-state index is 12.9. The number of hydrogen-bond acceptors (Lipinski definition) is 4. The van der Waals surface area contributed by atoms with E-state index < -0.39 is 15.9 Å². The standard InChI is InChI=1S/C22H21ClN2O4S/c1-14-9-15(2)11-18(10-14)25-30(27,28)19-7-8-21(29-3)20(13-19)24-22(26)16-5-4-6-17(23)12-16/h4-13,25H,1-3H3,(H,24,26). The summed E-state index contributed by atoms with van der Waals surface area (Å²) in [4.78, 5) is 12.6. The van der Waals surface area contributed by atoms with Crippen LogP contribution in [0.25, 0.3) is 0 Å². The minimum absolute atomic E-state index is 0.0103. The molecule has 2 N–H and O–H groups in total. The Morgan fingerprint density at radius 1 is 0.967 bits per heavy atom. The zero-order valence-electron chi connectivity index (χ0n) is 16.7. The number of nitrogens with one attached hydrogen (secondary N) is 2. The first kappa shape index (κ1) is 21.7. The fraction of sp³-hybridized carbons (Fsp3) is 0.136. The van der Waals surface area contributed by atoms with Gasteiger partial charge in [-0.15, -0.1) is 0 Å². The fourth-order valence-corrected chi connectivity index (χ4v) is 4.28. The average Bonchev–Trinajstić information content (AvgIpc) is 2.66. The third-order valence-corrected chi connectivity index (χ3v) is 5.90. The molecule has 1 amide bonds. The van der Waals surface area contributed by atoms with Gasteiger partial charge in [-0.1, -0.05) is 23.7 Å². The number of carbonyl (C=O) groups excluding carboxylic acids is 1. The second-order valence-corrected chi connectivity index (χ2v) is 8.93. The van der Waals surface area contributed by atoms with Gasteiger partial charge in [0.05, 0.1) is 17.7 Å². The molecule has 6 nitrogen and oxygen atoms in total. The Bertz CT molecular complexity index is 1190. The summed E-state index contributed by atoms with van der Waals surface area (Å²) in [7, 11) is -2.44. The molecule has 0 aliphatic carbocycles. The van der Waals surface area contributed by atoms with Gasteiger partial charge in [-0.25, -0.2) is 8.42 Å². The van der Waals surface area contributed by atoms with E-state index in [1.54, 1.807) is 30.3 Å². The highest BCUT2D eigenvalue weighted by Gasteiger charge is 2.19. The highest BCUT2D eigenvalue weighted by atomic mass is 35.5. The summed E-state index contributed by atoms with van der Waals surface area (Å²) < 4.78 is 33.6. The zero-order valence-corrected chi connectivity index (χ0v) is 18.3. The van der Waals surface area contributed by atoms with Crippen LogP contribution in [0.15, 0.2) is 65.6 Å². The Morgan fingerprint density at radius 2 is 1.67 bits per heavy atom. The second-order valence-electron chi connectivity index (χ2n) is 6.81. The molecule has 3 rings (SSSR count). The Morgan fingerprint density at radius 3 is 2.30 bits per heavy atom. The van der Waals surface area contributed by atoms with Crippen molar-refractivity contribution < 1.29 is 17.9 Å². The molecule has 0 saturated carbocycles. The van der Waals surface area contributed by atoms with E-state index in [2.05, 4.69) is 10.0 Å². The van der Waals surface area contributed by atoms with Gasteiger partial charge >= 0.3 is 0 Å². The lowest BCUT2D eigenvalue weighted by Gasteiger charge is -2.14. The zero-order chi connectivity index (χ0) is 21.9. The molecule has 0 unspecified atom stereocenters. The van der Waals surface area contributed by atoms with Gasteiger partial charge in [0, 0.05) is 16.3 Å². The molecule has 0 spiro atoms. The van der Waals surface area contributed by atoms with Crippen LogP contribution in [0.5, 0.6) is 5.75 Å². The van der Waals surface area contributed by atoms with Crippen LogP contribution in [0.1, 0.15) is 21.5 Å². The van der Waals surface area contributed by atoms with Gasteiger partial charge in [0.15, 0.2) is 0 Å².